The zero-order valence-corrected chi connectivity index (χ0v) is 13.0. The van der Waals surface area contributed by atoms with Gasteiger partial charge in [-0.1, -0.05) is 46.3 Å². The van der Waals surface area contributed by atoms with Gasteiger partial charge >= 0.3 is 0 Å². The normalized spacial score (nSPS) is 10.7. The van der Waals surface area contributed by atoms with E-state index in [1.165, 1.54) is 5.56 Å². The highest BCUT2D eigenvalue weighted by molar-refractivity contribution is 9.10. The highest BCUT2D eigenvalue weighted by atomic mass is 79.9. The van der Waals surface area contributed by atoms with Crippen LogP contribution in [0.15, 0.2) is 59.1 Å². The number of hydrogen-bond donors (Lipinski definition) is 1. The molecule has 0 aliphatic rings. The quantitative estimate of drug-likeness (QED) is 0.772. The minimum atomic E-state index is 0.468. The highest BCUT2D eigenvalue weighted by Gasteiger charge is 2.06. The Morgan fingerprint density at radius 1 is 1.05 bits per heavy atom. The van der Waals surface area contributed by atoms with E-state index in [4.69, 9.17) is 10.5 Å². The number of nitrogens with two attached hydrogens (primary N) is 1. The third-order valence-corrected chi connectivity index (χ3v) is 3.74. The van der Waals surface area contributed by atoms with Gasteiger partial charge in [0, 0.05) is 16.3 Å². The molecule has 21 heavy (non-hydrogen) atoms. The number of rotatable bonds is 4. The summed E-state index contributed by atoms with van der Waals surface area (Å²) in [5, 5.41) is 1.99. The lowest BCUT2D eigenvalue weighted by atomic mass is 10.1. The van der Waals surface area contributed by atoms with E-state index < -0.39 is 0 Å². The maximum Gasteiger partial charge on any atom is 0.223 e. The van der Waals surface area contributed by atoms with Crippen LogP contribution in [0, 0.1) is 0 Å². The van der Waals surface area contributed by atoms with Crippen molar-refractivity contribution in [1.29, 1.82) is 0 Å². The van der Waals surface area contributed by atoms with Crippen LogP contribution < -0.4 is 10.5 Å². The number of halogens is 1. The molecule has 0 radical (unpaired) electrons. The van der Waals surface area contributed by atoms with E-state index in [1.54, 1.807) is 0 Å². The second kappa shape index (κ2) is 6.14. The van der Waals surface area contributed by atoms with E-state index in [9.17, 15) is 0 Å². The predicted octanol–water partition coefficient (Wildman–Crippen LogP) is 4.20. The molecule has 4 heteroatoms. The number of aromatic nitrogens is 1. The van der Waals surface area contributed by atoms with Crippen molar-refractivity contribution in [2.24, 2.45) is 0 Å². The lowest BCUT2D eigenvalue weighted by Gasteiger charge is -2.10. The summed E-state index contributed by atoms with van der Waals surface area (Å²) >= 11 is 3.46. The summed E-state index contributed by atoms with van der Waals surface area (Å²) in [5.41, 5.74) is 7.10. The van der Waals surface area contributed by atoms with E-state index in [2.05, 4.69) is 33.0 Å². The second-order valence-electron chi connectivity index (χ2n) is 4.80. The summed E-state index contributed by atoms with van der Waals surface area (Å²) in [6.45, 7) is 0.575. The van der Waals surface area contributed by atoms with Gasteiger partial charge in [-0.3, -0.25) is 0 Å². The van der Waals surface area contributed by atoms with Crippen molar-refractivity contribution in [2.45, 2.75) is 6.42 Å². The fraction of sp³-hybridized carbons (Fsp3) is 0.118. The molecule has 0 unspecified atom stereocenters. The van der Waals surface area contributed by atoms with Crippen LogP contribution in [0.4, 0.5) is 5.82 Å². The average molecular weight is 343 g/mol. The van der Waals surface area contributed by atoms with Crippen molar-refractivity contribution in [3.8, 4) is 5.88 Å². The molecule has 0 aliphatic carbocycles. The van der Waals surface area contributed by atoms with Crippen LogP contribution in [0.5, 0.6) is 5.88 Å². The van der Waals surface area contributed by atoms with Crippen LogP contribution in [0.25, 0.3) is 10.8 Å². The molecule has 1 heterocycles. The molecule has 0 saturated carbocycles. The average Bonchev–Trinajstić information content (AvgIpc) is 2.47. The second-order valence-corrected chi connectivity index (χ2v) is 5.72. The Balaban J connectivity index is 1.80. The first kappa shape index (κ1) is 13.9. The Kier molecular flexibility index (Phi) is 4.06. The first-order chi connectivity index (χ1) is 10.2. The summed E-state index contributed by atoms with van der Waals surface area (Å²) in [7, 11) is 0. The van der Waals surface area contributed by atoms with Gasteiger partial charge in [-0.2, -0.15) is 4.98 Å². The number of pyridine rings is 1. The van der Waals surface area contributed by atoms with Crippen molar-refractivity contribution in [3.05, 3.63) is 64.6 Å². The zero-order valence-electron chi connectivity index (χ0n) is 11.4. The Morgan fingerprint density at radius 3 is 2.67 bits per heavy atom. The maximum atomic E-state index is 5.85. The number of fused-ring (bicyclic) bond motifs is 1. The first-order valence-corrected chi connectivity index (χ1v) is 7.54. The highest BCUT2D eigenvalue weighted by Crippen LogP contribution is 2.28. The van der Waals surface area contributed by atoms with Crippen molar-refractivity contribution >= 4 is 32.5 Å². The minimum Gasteiger partial charge on any atom is -0.477 e. The summed E-state index contributed by atoms with van der Waals surface area (Å²) in [6, 6.07) is 18.1. The van der Waals surface area contributed by atoms with Gasteiger partial charge in [0.25, 0.3) is 0 Å². The van der Waals surface area contributed by atoms with Crippen LogP contribution in [-0.4, -0.2) is 11.6 Å². The van der Waals surface area contributed by atoms with Gasteiger partial charge in [0.15, 0.2) is 0 Å². The van der Waals surface area contributed by atoms with Gasteiger partial charge in [-0.05, 0) is 35.2 Å². The Bertz CT molecular complexity index is 754. The molecule has 106 valence electrons. The number of benzene rings is 2. The van der Waals surface area contributed by atoms with E-state index in [0.717, 1.165) is 21.7 Å². The topological polar surface area (TPSA) is 48.1 Å². The van der Waals surface area contributed by atoms with Crippen molar-refractivity contribution < 1.29 is 4.74 Å². The minimum absolute atomic E-state index is 0.468. The molecule has 3 nitrogen and oxygen atoms in total. The summed E-state index contributed by atoms with van der Waals surface area (Å²) in [5.74, 6) is 1.06. The Hall–Kier alpha value is -2.07. The standard InChI is InChI=1S/C17H15BrN2O/c18-14-6-7-15-13(10-14)11-16(19)20-17(15)21-9-8-12-4-2-1-3-5-12/h1-7,10-11H,8-9H2,(H2,19,20). The fourth-order valence-corrected chi connectivity index (χ4v) is 2.62. The van der Waals surface area contributed by atoms with Crippen LogP contribution in [0.3, 0.4) is 0 Å². The lowest BCUT2D eigenvalue weighted by Crippen LogP contribution is -2.04. The summed E-state index contributed by atoms with van der Waals surface area (Å²) in [4.78, 5) is 4.30. The molecular formula is C17H15BrN2O. The van der Waals surface area contributed by atoms with Gasteiger partial charge in [0.1, 0.15) is 5.82 Å². The van der Waals surface area contributed by atoms with Crippen LogP contribution in [-0.2, 0) is 6.42 Å². The molecule has 0 bridgehead atoms. The molecule has 3 rings (SSSR count). The van der Waals surface area contributed by atoms with Crippen LogP contribution >= 0.6 is 15.9 Å². The molecule has 2 aromatic carbocycles. The fourth-order valence-electron chi connectivity index (χ4n) is 2.24. The van der Waals surface area contributed by atoms with Gasteiger partial charge in [-0.25, -0.2) is 0 Å². The number of nitrogen functional groups attached to an aromatic ring is 1. The Labute approximate surface area is 131 Å². The summed E-state index contributed by atoms with van der Waals surface area (Å²) in [6.07, 6.45) is 0.843. The van der Waals surface area contributed by atoms with E-state index in [0.29, 0.717) is 18.3 Å². The number of ether oxygens (including phenoxy) is 1. The predicted molar refractivity (Wildman–Crippen MR) is 89.5 cm³/mol. The van der Waals surface area contributed by atoms with Gasteiger partial charge in [0.2, 0.25) is 5.88 Å². The third-order valence-electron chi connectivity index (χ3n) is 3.25. The van der Waals surface area contributed by atoms with Crippen molar-refractivity contribution in [2.75, 3.05) is 12.3 Å². The van der Waals surface area contributed by atoms with Gasteiger partial charge in [-0.15, -0.1) is 0 Å². The number of hydrogen-bond acceptors (Lipinski definition) is 3. The molecule has 1 aromatic heterocycles. The number of anilines is 1. The number of nitrogens with zero attached hydrogens (tertiary/aromatic N) is 1. The van der Waals surface area contributed by atoms with Crippen LogP contribution in [0.2, 0.25) is 0 Å². The van der Waals surface area contributed by atoms with E-state index >= 15 is 0 Å². The Morgan fingerprint density at radius 2 is 1.86 bits per heavy atom. The van der Waals surface area contributed by atoms with Gasteiger partial charge < -0.3 is 10.5 Å². The van der Waals surface area contributed by atoms with Crippen molar-refractivity contribution in [1.82, 2.24) is 4.98 Å². The van der Waals surface area contributed by atoms with E-state index in [-0.39, 0.29) is 0 Å². The molecule has 0 fully saturated rings. The zero-order chi connectivity index (χ0) is 14.7. The van der Waals surface area contributed by atoms with E-state index in [1.807, 2.05) is 42.5 Å². The molecule has 3 aromatic rings. The lowest BCUT2D eigenvalue weighted by molar-refractivity contribution is 0.314. The monoisotopic (exact) mass is 342 g/mol. The SMILES string of the molecule is Nc1cc2cc(Br)ccc2c(OCCc2ccccc2)n1. The van der Waals surface area contributed by atoms with Crippen LogP contribution in [0.1, 0.15) is 5.56 Å². The van der Waals surface area contributed by atoms with Crippen molar-refractivity contribution in [3.63, 3.8) is 0 Å². The molecule has 0 aliphatic heterocycles. The molecule has 2 N–H and O–H groups in total. The maximum absolute atomic E-state index is 5.85. The smallest absolute Gasteiger partial charge is 0.223 e. The molecule has 0 spiro atoms. The first-order valence-electron chi connectivity index (χ1n) is 6.75. The largest absolute Gasteiger partial charge is 0.477 e. The van der Waals surface area contributed by atoms with Gasteiger partial charge in [0.05, 0.1) is 6.61 Å². The summed E-state index contributed by atoms with van der Waals surface area (Å²) < 4.78 is 6.85. The molecule has 0 amide bonds. The molecule has 0 atom stereocenters. The third kappa shape index (κ3) is 3.34. The molecule has 0 saturated heterocycles. The molecular weight excluding hydrogens is 328 g/mol.